The summed E-state index contributed by atoms with van der Waals surface area (Å²) < 4.78 is 7.54. The van der Waals surface area contributed by atoms with Crippen molar-refractivity contribution in [3.63, 3.8) is 0 Å². The predicted octanol–water partition coefficient (Wildman–Crippen LogP) is 3.68. The molecular formula is C19H18N2O. The Morgan fingerprint density at radius 2 is 1.82 bits per heavy atom. The van der Waals surface area contributed by atoms with Gasteiger partial charge in [0.2, 0.25) is 0 Å². The van der Waals surface area contributed by atoms with Crippen LogP contribution in [0.1, 0.15) is 22.9 Å². The highest BCUT2D eigenvalue weighted by Gasteiger charge is 2.22. The van der Waals surface area contributed by atoms with Crippen molar-refractivity contribution >= 4 is 0 Å². The number of methoxy groups -OCH3 is 1. The third-order valence-electron chi connectivity index (χ3n) is 4.27. The van der Waals surface area contributed by atoms with E-state index in [-0.39, 0.29) is 6.04 Å². The topological polar surface area (TPSA) is 26.2 Å². The van der Waals surface area contributed by atoms with E-state index in [2.05, 4.69) is 64.6 Å². The molecule has 2 heterocycles. The maximum atomic E-state index is 5.26. The third kappa shape index (κ3) is 2.11. The van der Waals surface area contributed by atoms with Gasteiger partial charge in [-0.25, -0.2) is 0 Å². The van der Waals surface area contributed by atoms with Gasteiger partial charge in [-0.3, -0.25) is 0 Å². The molecule has 2 aromatic carbocycles. The summed E-state index contributed by atoms with van der Waals surface area (Å²) in [5.74, 6) is 0.885. The maximum absolute atomic E-state index is 5.26. The zero-order valence-corrected chi connectivity index (χ0v) is 12.5. The van der Waals surface area contributed by atoms with E-state index in [4.69, 9.17) is 4.74 Å². The SMILES string of the molecule is COc1ccc([C@H]2NCc3ccccc3-n3cccc32)cc1. The molecule has 22 heavy (non-hydrogen) atoms. The molecule has 3 nitrogen and oxygen atoms in total. The Morgan fingerprint density at radius 1 is 1.00 bits per heavy atom. The van der Waals surface area contributed by atoms with Gasteiger partial charge in [0.25, 0.3) is 0 Å². The Balaban J connectivity index is 1.80. The van der Waals surface area contributed by atoms with E-state index in [0.29, 0.717) is 0 Å². The zero-order valence-electron chi connectivity index (χ0n) is 12.5. The molecule has 1 atom stereocenters. The van der Waals surface area contributed by atoms with Gasteiger partial charge in [0, 0.05) is 24.1 Å². The van der Waals surface area contributed by atoms with Crippen molar-refractivity contribution in [1.82, 2.24) is 9.88 Å². The van der Waals surface area contributed by atoms with Crippen molar-refractivity contribution in [3.8, 4) is 11.4 Å². The quantitative estimate of drug-likeness (QED) is 0.779. The molecule has 0 bridgehead atoms. The molecule has 110 valence electrons. The molecule has 0 saturated carbocycles. The fourth-order valence-corrected chi connectivity index (χ4v) is 3.15. The van der Waals surface area contributed by atoms with Crippen molar-refractivity contribution in [2.75, 3.05) is 7.11 Å². The van der Waals surface area contributed by atoms with Crippen molar-refractivity contribution in [2.24, 2.45) is 0 Å². The van der Waals surface area contributed by atoms with Crippen LogP contribution in [0, 0.1) is 0 Å². The summed E-state index contributed by atoms with van der Waals surface area (Å²) in [6, 6.07) is 21.3. The molecular weight excluding hydrogens is 272 g/mol. The van der Waals surface area contributed by atoms with Gasteiger partial charge in [0.1, 0.15) is 5.75 Å². The lowest BCUT2D eigenvalue weighted by molar-refractivity contribution is 0.414. The fraction of sp³-hybridized carbons (Fsp3) is 0.158. The first-order chi connectivity index (χ1) is 10.9. The van der Waals surface area contributed by atoms with Crippen molar-refractivity contribution in [3.05, 3.63) is 83.7 Å². The van der Waals surface area contributed by atoms with Gasteiger partial charge in [0.05, 0.1) is 13.2 Å². The van der Waals surface area contributed by atoms with Crippen LogP contribution in [-0.2, 0) is 6.54 Å². The average molecular weight is 290 g/mol. The summed E-state index contributed by atoms with van der Waals surface area (Å²) in [5, 5.41) is 3.67. The fourth-order valence-electron chi connectivity index (χ4n) is 3.15. The maximum Gasteiger partial charge on any atom is 0.118 e. The molecule has 0 saturated heterocycles. The number of hydrogen-bond acceptors (Lipinski definition) is 2. The second-order valence-electron chi connectivity index (χ2n) is 5.52. The highest BCUT2D eigenvalue weighted by Crippen LogP contribution is 2.30. The van der Waals surface area contributed by atoms with E-state index in [1.165, 1.54) is 22.5 Å². The summed E-state index contributed by atoms with van der Waals surface area (Å²) in [7, 11) is 1.70. The van der Waals surface area contributed by atoms with Gasteiger partial charge in [-0.2, -0.15) is 0 Å². The Kier molecular flexibility index (Phi) is 3.20. The first kappa shape index (κ1) is 13.2. The lowest BCUT2D eigenvalue weighted by Gasteiger charge is -2.18. The first-order valence-electron chi connectivity index (χ1n) is 7.49. The van der Waals surface area contributed by atoms with E-state index >= 15 is 0 Å². The summed E-state index contributed by atoms with van der Waals surface area (Å²) in [6.45, 7) is 0.856. The minimum Gasteiger partial charge on any atom is -0.497 e. The van der Waals surface area contributed by atoms with Crippen LogP contribution in [0.4, 0.5) is 0 Å². The normalized spacial score (nSPS) is 16.5. The Hall–Kier alpha value is -2.52. The van der Waals surface area contributed by atoms with Gasteiger partial charge < -0.3 is 14.6 Å². The summed E-state index contributed by atoms with van der Waals surface area (Å²) in [4.78, 5) is 0. The van der Waals surface area contributed by atoms with Crippen molar-refractivity contribution in [2.45, 2.75) is 12.6 Å². The number of hydrogen-bond donors (Lipinski definition) is 1. The Labute approximate surface area is 130 Å². The predicted molar refractivity (Wildman–Crippen MR) is 87.4 cm³/mol. The largest absolute Gasteiger partial charge is 0.497 e. The number of rotatable bonds is 2. The lowest BCUT2D eigenvalue weighted by atomic mass is 10.0. The molecule has 1 N–H and O–H groups in total. The molecule has 0 fully saturated rings. The van der Waals surface area contributed by atoms with Crippen LogP contribution in [0.15, 0.2) is 66.9 Å². The third-order valence-corrected chi connectivity index (χ3v) is 4.27. The molecule has 0 amide bonds. The summed E-state index contributed by atoms with van der Waals surface area (Å²) in [5.41, 5.74) is 5.07. The Bertz CT molecular complexity index is 789. The second kappa shape index (κ2) is 5.35. The standard InChI is InChI=1S/C19H18N2O/c1-22-16-10-8-14(9-11-16)19-18-7-4-12-21(18)17-6-3-2-5-15(17)13-20-19/h2-12,19-20H,13H2,1H3/t19-/m1/s1. The zero-order chi connectivity index (χ0) is 14.9. The highest BCUT2D eigenvalue weighted by molar-refractivity contribution is 5.47. The van der Waals surface area contributed by atoms with E-state index in [1.807, 2.05) is 12.1 Å². The Morgan fingerprint density at radius 3 is 2.64 bits per heavy atom. The minimum absolute atomic E-state index is 0.174. The van der Waals surface area contributed by atoms with Gasteiger partial charge in [-0.1, -0.05) is 30.3 Å². The molecule has 1 aliphatic rings. The molecule has 0 radical (unpaired) electrons. The second-order valence-corrected chi connectivity index (χ2v) is 5.52. The minimum atomic E-state index is 0.174. The van der Waals surface area contributed by atoms with Gasteiger partial charge in [-0.15, -0.1) is 0 Å². The lowest BCUT2D eigenvalue weighted by Crippen LogP contribution is -2.21. The van der Waals surface area contributed by atoms with E-state index in [0.717, 1.165) is 12.3 Å². The molecule has 3 heteroatoms. The van der Waals surface area contributed by atoms with Crippen LogP contribution in [0.2, 0.25) is 0 Å². The van der Waals surface area contributed by atoms with E-state index in [9.17, 15) is 0 Å². The van der Waals surface area contributed by atoms with Crippen molar-refractivity contribution in [1.29, 1.82) is 0 Å². The van der Waals surface area contributed by atoms with Crippen LogP contribution in [0.25, 0.3) is 5.69 Å². The molecule has 1 aromatic heterocycles. The van der Waals surface area contributed by atoms with Crippen LogP contribution in [0.5, 0.6) is 5.75 Å². The number of fused-ring (bicyclic) bond motifs is 3. The van der Waals surface area contributed by atoms with Crippen LogP contribution < -0.4 is 10.1 Å². The number of nitrogens with one attached hydrogen (secondary N) is 1. The summed E-state index contributed by atoms with van der Waals surface area (Å²) in [6.07, 6.45) is 2.14. The average Bonchev–Trinajstić information content (AvgIpc) is 3.00. The van der Waals surface area contributed by atoms with E-state index < -0.39 is 0 Å². The van der Waals surface area contributed by atoms with Gasteiger partial charge in [0.15, 0.2) is 0 Å². The highest BCUT2D eigenvalue weighted by atomic mass is 16.5. The number of benzene rings is 2. The monoisotopic (exact) mass is 290 g/mol. The van der Waals surface area contributed by atoms with Crippen LogP contribution >= 0.6 is 0 Å². The molecule has 0 unspecified atom stereocenters. The van der Waals surface area contributed by atoms with Crippen LogP contribution in [0.3, 0.4) is 0 Å². The van der Waals surface area contributed by atoms with E-state index in [1.54, 1.807) is 7.11 Å². The molecule has 0 spiro atoms. The smallest absolute Gasteiger partial charge is 0.118 e. The summed E-state index contributed by atoms with van der Waals surface area (Å²) >= 11 is 0. The van der Waals surface area contributed by atoms with Gasteiger partial charge >= 0.3 is 0 Å². The van der Waals surface area contributed by atoms with Crippen LogP contribution in [-0.4, -0.2) is 11.7 Å². The van der Waals surface area contributed by atoms with Crippen molar-refractivity contribution < 1.29 is 4.74 Å². The molecule has 0 aliphatic carbocycles. The molecule has 1 aliphatic heterocycles. The number of ether oxygens (including phenoxy) is 1. The molecule has 4 rings (SSSR count). The number of para-hydroxylation sites is 1. The number of aromatic nitrogens is 1. The van der Waals surface area contributed by atoms with Gasteiger partial charge in [-0.05, 0) is 41.5 Å². The number of nitrogens with zero attached hydrogens (tertiary/aromatic N) is 1. The first-order valence-corrected chi connectivity index (χ1v) is 7.49. The molecule has 3 aromatic rings.